The van der Waals surface area contributed by atoms with Crippen LogP contribution in [0.4, 0.5) is 0 Å². The van der Waals surface area contributed by atoms with Crippen LogP contribution in [0.3, 0.4) is 0 Å². The van der Waals surface area contributed by atoms with E-state index in [1.54, 1.807) is 6.20 Å². The minimum atomic E-state index is -0.0226. The summed E-state index contributed by atoms with van der Waals surface area (Å²) >= 11 is 2.47. The van der Waals surface area contributed by atoms with Crippen molar-refractivity contribution in [3.05, 3.63) is 53.5 Å². The number of hydrogen-bond donors (Lipinski definition) is 0. The molecule has 3 rings (SSSR count). The molecule has 1 aliphatic carbocycles. The van der Waals surface area contributed by atoms with E-state index in [2.05, 4.69) is 57.5 Å². The maximum Gasteiger partial charge on any atom is 0.0718 e. The number of allylic oxidation sites excluding steroid dienone is 4. The van der Waals surface area contributed by atoms with Crippen LogP contribution in [0, 0.1) is 0 Å². The summed E-state index contributed by atoms with van der Waals surface area (Å²) in [5.41, 5.74) is 5.01. The fraction of sp³-hybridized carbons (Fsp3) is 0.154. The lowest BCUT2D eigenvalue weighted by Crippen LogP contribution is -2.11. The topological polar surface area (TPSA) is 25.2 Å². The highest BCUT2D eigenvalue weighted by atomic mass is 127. The van der Waals surface area contributed by atoms with E-state index in [4.69, 9.17) is 0 Å². The van der Waals surface area contributed by atoms with Crippen LogP contribution in [0.25, 0.3) is 5.57 Å². The number of aliphatic imine (C=N–C) groups is 1. The van der Waals surface area contributed by atoms with Crippen molar-refractivity contribution in [1.29, 1.82) is 0 Å². The molecule has 2 nitrogen and oxygen atoms in total. The predicted molar refractivity (Wildman–Crippen MR) is 73.7 cm³/mol. The molecule has 0 radical (unpaired) electrons. The molecule has 1 unspecified atom stereocenters. The van der Waals surface area contributed by atoms with E-state index in [1.807, 2.05) is 18.5 Å². The molecule has 0 amide bonds. The minimum Gasteiger partial charge on any atom is -0.264 e. The van der Waals surface area contributed by atoms with Crippen LogP contribution in [-0.2, 0) is 3.42 Å². The number of aromatic nitrogens is 1. The number of alkyl halides is 1. The zero-order valence-corrected chi connectivity index (χ0v) is 10.9. The van der Waals surface area contributed by atoms with E-state index >= 15 is 0 Å². The Morgan fingerprint density at radius 2 is 2.31 bits per heavy atom. The van der Waals surface area contributed by atoms with Crippen molar-refractivity contribution < 1.29 is 0 Å². The summed E-state index contributed by atoms with van der Waals surface area (Å²) < 4.78 is -0.0226. The Labute approximate surface area is 108 Å². The van der Waals surface area contributed by atoms with Crippen LogP contribution in [-0.4, -0.2) is 10.9 Å². The van der Waals surface area contributed by atoms with Crippen molar-refractivity contribution in [3.63, 3.8) is 0 Å². The molecule has 0 fully saturated rings. The Kier molecular flexibility index (Phi) is 2.13. The van der Waals surface area contributed by atoms with Crippen LogP contribution >= 0.6 is 22.6 Å². The van der Waals surface area contributed by atoms with Gasteiger partial charge in [0.15, 0.2) is 0 Å². The van der Waals surface area contributed by atoms with E-state index in [0.29, 0.717) is 0 Å². The zero-order chi connectivity index (χ0) is 11.2. The number of rotatable bonds is 0. The fourth-order valence-corrected chi connectivity index (χ4v) is 3.11. The molecule has 78 valence electrons. The standard InChI is InChI=1S/C13H9IN2/c1-13(14)11-4-7-15-5-2-9(11)10-3-6-16-8-12(10)13/h2-4,6-8H,1H3. The maximum atomic E-state index is 4.22. The van der Waals surface area contributed by atoms with Gasteiger partial charge in [-0.1, -0.05) is 22.6 Å². The van der Waals surface area contributed by atoms with E-state index in [-0.39, 0.29) is 3.42 Å². The van der Waals surface area contributed by atoms with Gasteiger partial charge in [0, 0.05) is 24.7 Å². The molecule has 1 atom stereocenters. The summed E-state index contributed by atoms with van der Waals surface area (Å²) in [4.78, 5) is 8.27. The Bertz CT molecular complexity index is 588. The van der Waals surface area contributed by atoms with Crippen LogP contribution in [0.15, 0.2) is 47.4 Å². The van der Waals surface area contributed by atoms with E-state index in [9.17, 15) is 0 Å². The Morgan fingerprint density at radius 1 is 1.44 bits per heavy atom. The third-order valence-corrected chi connectivity index (χ3v) is 4.17. The van der Waals surface area contributed by atoms with Crippen molar-refractivity contribution >= 4 is 34.0 Å². The molecule has 1 aromatic rings. The summed E-state index contributed by atoms with van der Waals surface area (Å²) in [6, 6.07) is 2.06. The Morgan fingerprint density at radius 3 is 3.19 bits per heavy atom. The average molecular weight is 320 g/mol. The Balaban J connectivity index is 2.36. The lowest BCUT2D eigenvalue weighted by atomic mass is 9.99. The van der Waals surface area contributed by atoms with Crippen LogP contribution < -0.4 is 0 Å². The van der Waals surface area contributed by atoms with Crippen molar-refractivity contribution in [3.8, 4) is 0 Å². The predicted octanol–water partition coefficient (Wildman–Crippen LogP) is 3.25. The van der Waals surface area contributed by atoms with Crippen molar-refractivity contribution in [2.45, 2.75) is 10.3 Å². The van der Waals surface area contributed by atoms with Gasteiger partial charge in [0.1, 0.15) is 0 Å². The molecule has 2 heterocycles. The Hall–Kier alpha value is -1.19. The van der Waals surface area contributed by atoms with Gasteiger partial charge in [-0.05, 0) is 47.2 Å². The van der Waals surface area contributed by atoms with Gasteiger partial charge in [-0.2, -0.15) is 0 Å². The molecule has 0 aromatic carbocycles. The smallest absolute Gasteiger partial charge is 0.0718 e. The third-order valence-electron chi connectivity index (χ3n) is 3.01. The SMILES string of the molecule is CC1(I)C2=C(C=C=NC=C2)c2ccncc21. The first-order valence-corrected chi connectivity index (χ1v) is 6.13. The van der Waals surface area contributed by atoms with Gasteiger partial charge in [-0.25, -0.2) is 4.99 Å². The third kappa shape index (κ3) is 1.25. The van der Waals surface area contributed by atoms with Gasteiger partial charge in [0.05, 0.1) is 3.42 Å². The molecule has 0 spiro atoms. The first-order valence-electron chi connectivity index (χ1n) is 5.05. The first kappa shape index (κ1) is 10.00. The summed E-state index contributed by atoms with van der Waals surface area (Å²) in [7, 11) is 0. The maximum absolute atomic E-state index is 4.22. The number of hydrogen-bond acceptors (Lipinski definition) is 2. The summed E-state index contributed by atoms with van der Waals surface area (Å²) in [5, 5.41) is 0. The van der Waals surface area contributed by atoms with E-state index < -0.39 is 0 Å². The van der Waals surface area contributed by atoms with E-state index in [1.165, 1.54) is 22.3 Å². The number of fused-ring (bicyclic) bond motifs is 2. The number of nitrogens with zero attached hydrogens (tertiary/aromatic N) is 2. The molecule has 0 saturated heterocycles. The van der Waals surface area contributed by atoms with Crippen molar-refractivity contribution in [2.24, 2.45) is 4.99 Å². The van der Waals surface area contributed by atoms with Crippen LogP contribution in [0.2, 0.25) is 0 Å². The lowest BCUT2D eigenvalue weighted by molar-refractivity contribution is 0.896. The summed E-state index contributed by atoms with van der Waals surface area (Å²) in [6.45, 7) is 2.21. The second kappa shape index (κ2) is 3.40. The molecule has 1 aromatic heterocycles. The quantitative estimate of drug-likeness (QED) is 0.532. The van der Waals surface area contributed by atoms with Gasteiger partial charge < -0.3 is 0 Å². The van der Waals surface area contributed by atoms with Crippen molar-refractivity contribution in [2.75, 3.05) is 0 Å². The lowest BCUT2D eigenvalue weighted by Gasteiger charge is -2.19. The molecule has 16 heavy (non-hydrogen) atoms. The first-order chi connectivity index (χ1) is 7.71. The van der Waals surface area contributed by atoms with Gasteiger partial charge in [-0.3, -0.25) is 4.98 Å². The minimum absolute atomic E-state index is 0.0226. The molecule has 3 heteroatoms. The van der Waals surface area contributed by atoms with Crippen molar-refractivity contribution in [1.82, 2.24) is 4.98 Å². The van der Waals surface area contributed by atoms with Crippen LogP contribution in [0.5, 0.6) is 0 Å². The monoisotopic (exact) mass is 320 g/mol. The van der Waals surface area contributed by atoms with Gasteiger partial charge in [0.2, 0.25) is 0 Å². The molecule has 1 aliphatic heterocycles. The van der Waals surface area contributed by atoms with Gasteiger partial charge in [0.25, 0.3) is 0 Å². The molecule has 2 aliphatic rings. The fourth-order valence-electron chi connectivity index (χ4n) is 2.20. The molecule has 0 saturated carbocycles. The molecular weight excluding hydrogens is 311 g/mol. The second-order valence-corrected chi connectivity index (χ2v) is 6.13. The number of pyridine rings is 1. The summed E-state index contributed by atoms with van der Waals surface area (Å²) in [6.07, 6.45) is 9.61. The average Bonchev–Trinajstić information content (AvgIpc) is 2.50. The summed E-state index contributed by atoms with van der Waals surface area (Å²) in [5.74, 6) is 2.93. The largest absolute Gasteiger partial charge is 0.264 e. The molecule has 0 bridgehead atoms. The van der Waals surface area contributed by atoms with Gasteiger partial charge in [-0.15, -0.1) is 0 Å². The molecule has 0 N–H and O–H groups in total. The highest BCUT2D eigenvalue weighted by Gasteiger charge is 2.37. The zero-order valence-electron chi connectivity index (χ0n) is 8.74. The normalized spacial score (nSPS) is 25.6. The number of halogens is 1. The van der Waals surface area contributed by atoms with Gasteiger partial charge >= 0.3 is 0 Å². The second-order valence-electron chi connectivity index (χ2n) is 3.97. The van der Waals surface area contributed by atoms with Crippen LogP contribution in [0.1, 0.15) is 18.1 Å². The highest BCUT2D eigenvalue weighted by molar-refractivity contribution is 14.1. The van der Waals surface area contributed by atoms with E-state index in [0.717, 1.165) is 0 Å². The highest BCUT2D eigenvalue weighted by Crippen LogP contribution is 2.51. The molecular formula is C13H9IN2.